The monoisotopic (exact) mass is 133 g/mol. The van der Waals surface area contributed by atoms with Gasteiger partial charge in [-0.1, -0.05) is 14.4 Å². The van der Waals surface area contributed by atoms with Crippen molar-refractivity contribution in [2.24, 2.45) is 5.92 Å². The number of nitrogens with zero attached hydrogens (tertiary/aromatic N) is 1. The van der Waals surface area contributed by atoms with E-state index in [4.69, 9.17) is 0 Å². The van der Waals surface area contributed by atoms with E-state index >= 15 is 0 Å². The summed E-state index contributed by atoms with van der Waals surface area (Å²) in [5.41, 5.74) is 0. The fourth-order valence-electron chi connectivity index (χ4n) is 1.03. The first kappa shape index (κ1) is 8.89. The van der Waals surface area contributed by atoms with Crippen LogP contribution in [0.4, 0.5) is 4.39 Å². The van der Waals surface area contributed by atoms with Gasteiger partial charge in [0, 0.05) is 19.0 Å². The SMILES string of the molecule is C.CCN1CC(CF)C1. The molecule has 9 heavy (non-hydrogen) atoms. The van der Waals surface area contributed by atoms with Gasteiger partial charge in [0.05, 0.1) is 6.67 Å². The molecule has 1 aliphatic rings. The van der Waals surface area contributed by atoms with E-state index in [1.807, 2.05) is 0 Å². The third kappa shape index (κ3) is 1.94. The maximum Gasteiger partial charge on any atom is 0.0947 e. The molecule has 1 heterocycles. The first-order valence-electron chi connectivity index (χ1n) is 3.15. The summed E-state index contributed by atoms with van der Waals surface area (Å²) in [7, 11) is 0. The Bertz CT molecular complexity index is 61.3. The molecule has 0 N–H and O–H groups in total. The van der Waals surface area contributed by atoms with Gasteiger partial charge in [-0.2, -0.15) is 0 Å². The van der Waals surface area contributed by atoms with Crippen LogP contribution < -0.4 is 0 Å². The second-order valence-electron chi connectivity index (χ2n) is 2.37. The molecule has 0 aliphatic carbocycles. The van der Waals surface area contributed by atoms with Gasteiger partial charge in [-0.3, -0.25) is 4.39 Å². The molecular weight excluding hydrogens is 117 g/mol. The van der Waals surface area contributed by atoms with Gasteiger partial charge in [-0.05, 0) is 6.54 Å². The third-order valence-corrected chi connectivity index (χ3v) is 1.70. The molecule has 2 heteroatoms. The predicted molar refractivity (Wildman–Crippen MR) is 38.3 cm³/mol. The second kappa shape index (κ2) is 3.83. The van der Waals surface area contributed by atoms with Gasteiger partial charge in [0.15, 0.2) is 0 Å². The predicted octanol–water partition coefficient (Wildman–Crippen LogP) is 1.54. The molecule has 0 aromatic carbocycles. The molecule has 0 saturated carbocycles. The summed E-state index contributed by atoms with van der Waals surface area (Å²) in [5, 5.41) is 0. The minimum Gasteiger partial charge on any atom is -0.303 e. The Morgan fingerprint density at radius 3 is 2.44 bits per heavy atom. The van der Waals surface area contributed by atoms with Crippen LogP contribution >= 0.6 is 0 Å². The molecule has 1 rings (SSSR count). The van der Waals surface area contributed by atoms with Gasteiger partial charge in [0.2, 0.25) is 0 Å². The summed E-state index contributed by atoms with van der Waals surface area (Å²) in [6.07, 6.45) is 0. The lowest BCUT2D eigenvalue weighted by molar-refractivity contribution is 0.0871. The molecule has 0 aromatic rings. The van der Waals surface area contributed by atoms with Crippen LogP contribution in [0.1, 0.15) is 14.4 Å². The Hall–Kier alpha value is -0.110. The van der Waals surface area contributed by atoms with Crippen molar-refractivity contribution in [2.45, 2.75) is 14.4 Å². The third-order valence-electron chi connectivity index (χ3n) is 1.70. The van der Waals surface area contributed by atoms with Crippen LogP contribution in [-0.4, -0.2) is 31.2 Å². The first-order valence-corrected chi connectivity index (χ1v) is 3.15. The van der Waals surface area contributed by atoms with E-state index in [-0.39, 0.29) is 14.1 Å². The minimum absolute atomic E-state index is 0. The normalized spacial score (nSPS) is 20.7. The Morgan fingerprint density at radius 1 is 1.56 bits per heavy atom. The highest BCUT2D eigenvalue weighted by atomic mass is 19.1. The lowest BCUT2D eigenvalue weighted by Gasteiger charge is -2.36. The van der Waals surface area contributed by atoms with E-state index in [0.717, 1.165) is 19.6 Å². The van der Waals surface area contributed by atoms with E-state index < -0.39 is 0 Å². The molecule has 0 spiro atoms. The van der Waals surface area contributed by atoms with Gasteiger partial charge in [0.1, 0.15) is 0 Å². The van der Waals surface area contributed by atoms with Crippen molar-refractivity contribution in [1.29, 1.82) is 0 Å². The van der Waals surface area contributed by atoms with Crippen molar-refractivity contribution in [1.82, 2.24) is 4.90 Å². The summed E-state index contributed by atoms with van der Waals surface area (Å²) >= 11 is 0. The number of rotatable bonds is 2. The average molecular weight is 133 g/mol. The average Bonchev–Trinajstić information content (AvgIpc) is 1.65. The largest absolute Gasteiger partial charge is 0.303 e. The summed E-state index contributed by atoms with van der Waals surface area (Å²) < 4.78 is 11.7. The molecule has 1 nitrogen and oxygen atoms in total. The molecule has 1 saturated heterocycles. The van der Waals surface area contributed by atoms with Crippen molar-refractivity contribution < 1.29 is 4.39 Å². The Labute approximate surface area is 56.9 Å². The van der Waals surface area contributed by atoms with Gasteiger partial charge in [0.25, 0.3) is 0 Å². The Kier molecular flexibility index (Phi) is 3.78. The van der Waals surface area contributed by atoms with E-state index in [2.05, 4.69) is 11.8 Å². The standard InChI is InChI=1S/C6H12FN.CH4/c1-2-8-4-6(3-7)5-8;/h6H,2-5H2,1H3;1H4. The zero-order valence-electron chi connectivity index (χ0n) is 5.23. The summed E-state index contributed by atoms with van der Waals surface area (Å²) in [5.74, 6) is 0.356. The molecule has 56 valence electrons. The van der Waals surface area contributed by atoms with Crippen LogP contribution in [0.2, 0.25) is 0 Å². The van der Waals surface area contributed by atoms with Crippen LogP contribution in [0.15, 0.2) is 0 Å². The van der Waals surface area contributed by atoms with Crippen molar-refractivity contribution in [2.75, 3.05) is 26.3 Å². The van der Waals surface area contributed by atoms with Crippen LogP contribution in [0.25, 0.3) is 0 Å². The number of likely N-dealkylation sites (tertiary alicyclic amines) is 1. The quantitative estimate of drug-likeness (QED) is 0.552. The summed E-state index contributed by atoms with van der Waals surface area (Å²) in [4.78, 5) is 2.24. The van der Waals surface area contributed by atoms with Crippen molar-refractivity contribution >= 4 is 0 Å². The van der Waals surface area contributed by atoms with Crippen molar-refractivity contribution in [3.63, 3.8) is 0 Å². The van der Waals surface area contributed by atoms with Gasteiger partial charge in [-0.15, -0.1) is 0 Å². The molecule has 0 amide bonds. The highest BCUT2D eigenvalue weighted by Crippen LogP contribution is 2.13. The lowest BCUT2D eigenvalue weighted by Crippen LogP contribution is -2.47. The smallest absolute Gasteiger partial charge is 0.0947 e. The number of hydrogen-bond acceptors (Lipinski definition) is 1. The molecule has 0 unspecified atom stereocenters. The summed E-state index contributed by atoms with van der Waals surface area (Å²) in [6, 6.07) is 0. The van der Waals surface area contributed by atoms with Crippen LogP contribution in [0.5, 0.6) is 0 Å². The number of hydrogen-bond donors (Lipinski definition) is 0. The van der Waals surface area contributed by atoms with Gasteiger partial charge < -0.3 is 4.90 Å². The zero-order chi connectivity index (χ0) is 5.98. The van der Waals surface area contributed by atoms with Crippen LogP contribution in [0, 0.1) is 5.92 Å². The Balaban J connectivity index is 0.000000640. The van der Waals surface area contributed by atoms with Crippen molar-refractivity contribution in [3.05, 3.63) is 0 Å². The summed E-state index contributed by atoms with van der Waals surface area (Å²) in [6.45, 7) is 5.02. The molecule has 1 fully saturated rings. The van der Waals surface area contributed by atoms with Crippen molar-refractivity contribution in [3.8, 4) is 0 Å². The van der Waals surface area contributed by atoms with E-state index in [0.29, 0.717) is 5.92 Å². The first-order chi connectivity index (χ1) is 3.86. The topological polar surface area (TPSA) is 3.24 Å². The molecule has 1 aliphatic heterocycles. The fourth-order valence-corrected chi connectivity index (χ4v) is 1.03. The maximum atomic E-state index is 11.7. The minimum atomic E-state index is -0.128. The lowest BCUT2D eigenvalue weighted by atomic mass is 10.0. The molecular formula is C7H16FN. The van der Waals surface area contributed by atoms with Crippen LogP contribution in [-0.2, 0) is 0 Å². The number of halogens is 1. The fraction of sp³-hybridized carbons (Fsp3) is 1.00. The van der Waals surface area contributed by atoms with Crippen LogP contribution in [0.3, 0.4) is 0 Å². The van der Waals surface area contributed by atoms with Gasteiger partial charge >= 0.3 is 0 Å². The zero-order valence-corrected chi connectivity index (χ0v) is 5.23. The van der Waals surface area contributed by atoms with E-state index in [1.165, 1.54) is 0 Å². The molecule has 0 aromatic heterocycles. The highest BCUT2D eigenvalue weighted by Gasteiger charge is 2.24. The molecule has 0 atom stereocenters. The van der Waals surface area contributed by atoms with E-state index in [9.17, 15) is 4.39 Å². The molecule has 0 bridgehead atoms. The maximum absolute atomic E-state index is 11.7. The second-order valence-corrected chi connectivity index (χ2v) is 2.37. The Morgan fingerprint density at radius 2 is 2.11 bits per heavy atom. The highest BCUT2D eigenvalue weighted by molar-refractivity contribution is 4.77. The number of alkyl halides is 1. The molecule has 0 radical (unpaired) electrons. The van der Waals surface area contributed by atoms with E-state index in [1.54, 1.807) is 0 Å². The van der Waals surface area contributed by atoms with Gasteiger partial charge in [-0.25, -0.2) is 0 Å².